The van der Waals surface area contributed by atoms with Gasteiger partial charge in [0.05, 0.1) is 0 Å². The smallest absolute Gasteiger partial charge is 0.436 e. The molecule has 1 heterocycles. The zero-order valence-corrected chi connectivity index (χ0v) is 4.27. The largest absolute Gasteiger partial charge is 0.477 e. The normalized spacial score (nSPS) is 18.3. The van der Waals surface area contributed by atoms with E-state index in [9.17, 15) is 13.2 Å². The lowest BCUT2D eigenvalue weighted by molar-refractivity contribution is -0.0959. The summed E-state index contributed by atoms with van der Waals surface area (Å²) in [6, 6.07) is 0. The van der Waals surface area contributed by atoms with Crippen LogP contribution in [0.2, 0.25) is 0 Å². The van der Waals surface area contributed by atoms with Gasteiger partial charge in [-0.3, -0.25) is 0 Å². The van der Waals surface area contributed by atoms with Crippen molar-refractivity contribution in [2.75, 3.05) is 6.73 Å². The van der Waals surface area contributed by atoms with E-state index < -0.39 is 11.9 Å². The SMILES string of the molecule is FC(F)(F)C1=COC[N]1. The maximum absolute atomic E-state index is 11.5. The number of nitrogens with zero attached hydrogens (tertiary/aromatic N) is 1. The second-order valence-corrected chi connectivity index (χ2v) is 1.45. The highest BCUT2D eigenvalue weighted by Gasteiger charge is 2.37. The van der Waals surface area contributed by atoms with Crippen LogP contribution in [0.1, 0.15) is 0 Å². The fourth-order valence-electron chi connectivity index (χ4n) is 0.417. The molecule has 51 valence electrons. The van der Waals surface area contributed by atoms with Gasteiger partial charge in [0.2, 0.25) is 0 Å². The molecule has 0 aromatic carbocycles. The van der Waals surface area contributed by atoms with Gasteiger partial charge in [-0.2, -0.15) is 13.2 Å². The van der Waals surface area contributed by atoms with Gasteiger partial charge in [0.15, 0.2) is 12.4 Å². The van der Waals surface area contributed by atoms with Crippen molar-refractivity contribution >= 4 is 0 Å². The van der Waals surface area contributed by atoms with Gasteiger partial charge in [-0.15, -0.1) is 0 Å². The first kappa shape index (κ1) is 6.25. The molecule has 9 heavy (non-hydrogen) atoms. The summed E-state index contributed by atoms with van der Waals surface area (Å²) in [7, 11) is 0. The molecule has 0 aromatic rings. The molecule has 0 saturated heterocycles. The van der Waals surface area contributed by atoms with E-state index in [-0.39, 0.29) is 6.73 Å². The summed E-state index contributed by atoms with van der Waals surface area (Å²) in [6.45, 7) is -0.213. The van der Waals surface area contributed by atoms with Gasteiger partial charge < -0.3 is 4.74 Å². The van der Waals surface area contributed by atoms with Gasteiger partial charge in [0.25, 0.3) is 0 Å². The van der Waals surface area contributed by atoms with Crippen molar-refractivity contribution in [2.24, 2.45) is 0 Å². The van der Waals surface area contributed by atoms with E-state index in [0.29, 0.717) is 6.26 Å². The highest BCUT2D eigenvalue weighted by atomic mass is 19.4. The molecule has 1 aliphatic rings. The molecule has 0 aromatic heterocycles. The Labute approximate surface area is 49.3 Å². The zero-order valence-electron chi connectivity index (χ0n) is 4.27. The summed E-state index contributed by atoms with van der Waals surface area (Å²) in [4.78, 5) is 0. The van der Waals surface area contributed by atoms with Crippen molar-refractivity contribution in [3.8, 4) is 0 Å². The van der Waals surface area contributed by atoms with Crippen LogP contribution in [0, 0.1) is 0 Å². The van der Waals surface area contributed by atoms with Gasteiger partial charge in [0.1, 0.15) is 6.26 Å². The number of alkyl halides is 3. The third-order valence-electron chi connectivity index (χ3n) is 0.795. The summed E-state index contributed by atoms with van der Waals surface area (Å²) in [6.07, 6.45) is -3.74. The molecule has 1 rings (SSSR count). The van der Waals surface area contributed by atoms with Crippen LogP contribution in [0.4, 0.5) is 13.2 Å². The maximum Gasteiger partial charge on any atom is 0.436 e. The number of halogens is 3. The molecular formula is C4H3F3NO. The number of hydrogen-bond acceptors (Lipinski definition) is 1. The molecule has 1 radical (unpaired) electrons. The minimum atomic E-state index is -4.35. The Morgan fingerprint density at radius 2 is 2.22 bits per heavy atom. The molecule has 0 N–H and O–H groups in total. The monoisotopic (exact) mass is 138 g/mol. The van der Waals surface area contributed by atoms with Crippen LogP contribution in [0.15, 0.2) is 12.0 Å². The quantitative estimate of drug-likeness (QED) is 0.489. The van der Waals surface area contributed by atoms with Gasteiger partial charge in [-0.1, -0.05) is 0 Å². The highest BCUT2D eigenvalue weighted by molar-refractivity contribution is 5.04. The number of allylic oxidation sites excluding steroid dienone is 1. The van der Waals surface area contributed by atoms with E-state index in [1.807, 2.05) is 0 Å². The fourth-order valence-corrected chi connectivity index (χ4v) is 0.417. The predicted molar refractivity (Wildman–Crippen MR) is 22.2 cm³/mol. The van der Waals surface area contributed by atoms with Gasteiger partial charge in [-0.05, 0) is 0 Å². The Hall–Kier alpha value is -0.870. The fraction of sp³-hybridized carbons (Fsp3) is 0.500. The number of ether oxygens (including phenoxy) is 1. The minimum absolute atomic E-state index is 0.213. The van der Waals surface area contributed by atoms with Crippen molar-refractivity contribution in [1.82, 2.24) is 5.32 Å². The first-order valence-corrected chi connectivity index (χ1v) is 2.17. The second kappa shape index (κ2) is 1.82. The Bertz CT molecular complexity index is 139. The number of hydrogen-bond donors (Lipinski definition) is 0. The first-order valence-electron chi connectivity index (χ1n) is 2.17. The Morgan fingerprint density at radius 3 is 2.44 bits per heavy atom. The topological polar surface area (TPSA) is 23.3 Å². The molecule has 0 bridgehead atoms. The molecule has 0 atom stereocenters. The zero-order chi connectivity index (χ0) is 6.91. The predicted octanol–water partition coefficient (Wildman–Crippen LogP) is 0.982. The first-order chi connectivity index (χ1) is 4.11. The lowest BCUT2D eigenvalue weighted by Gasteiger charge is -2.01. The van der Waals surface area contributed by atoms with E-state index in [2.05, 4.69) is 10.1 Å². The van der Waals surface area contributed by atoms with Gasteiger partial charge >= 0.3 is 6.18 Å². The molecule has 0 unspecified atom stereocenters. The van der Waals surface area contributed by atoms with Crippen LogP contribution in [0.25, 0.3) is 0 Å². The standard InChI is InChI=1S/C4H3F3NO/c5-4(6,7)3-1-9-2-8-3/h1H,2H2. The van der Waals surface area contributed by atoms with Crippen LogP contribution in [0.5, 0.6) is 0 Å². The van der Waals surface area contributed by atoms with E-state index in [4.69, 9.17) is 0 Å². The van der Waals surface area contributed by atoms with E-state index in [1.54, 1.807) is 0 Å². The summed E-state index contributed by atoms with van der Waals surface area (Å²) in [5, 5.41) is 3.02. The molecule has 0 amide bonds. The van der Waals surface area contributed by atoms with Crippen molar-refractivity contribution in [2.45, 2.75) is 6.18 Å². The van der Waals surface area contributed by atoms with E-state index in [0.717, 1.165) is 0 Å². The molecule has 0 saturated carbocycles. The van der Waals surface area contributed by atoms with Gasteiger partial charge in [-0.25, -0.2) is 5.32 Å². The average Bonchev–Trinajstić information content (AvgIpc) is 2.08. The molecule has 1 aliphatic heterocycles. The Kier molecular flexibility index (Phi) is 1.27. The molecular weight excluding hydrogens is 135 g/mol. The highest BCUT2D eigenvalue weighted by Crippen LogP contribution is 2.25. The lowest BCUT2D eigenvalue weighted by Crippen LogP contribution is -2.17. The molecule has 0 spiro atoms. The van der Waals surface area contributed by atoms with E-state index >= 15 is 0 Å². The summed E-state index contributed by atoms with van der Waals surface area (Å²) in [5.74, 6) is 0. The molecule has 0 fully saturated rings. The van der Waals surface area contributed by atoms with Crippen LogP contribution in [0.3, 0.4) is 0 Å². The Balaban J connectivity index is 2.61. The van der Waals surface area contributed by atoms with Crippen molar-refractivity contribution in [3.63, 3.8) is 0 Å². The van der Waals surface area contributed by atoms with Crippen LogP contribution >= 0.6 is 0 Å². The van der Waals surface area contributed by atoms with Crippen LogP contribution < -0.4 is 5.32 Å². The molecule has 0 aliphatic carbocycles. The lowest BCUT2D eigenvalue weighted by atomic mass is 10.5. The maximum atomic E-state index is 11.5. The van der Waals surface area contributed by atoms with E-state index in [1.165, 1.54) is 0 Å². The second-order valence-electron chi connectivity index (χ2n) is 1.45. The third-order valence-corrected chi connectivity index (χ3v) is 0.795. The summed E-state index contributed by atoms with van der Waals surface area (Å²) < 4.78 is 38.8. The molecule has 5 heteroatoms. The summed E-state index contributed by atoms with van der Waals surface area (Å²) in [5.41, 5.74) is -0.942. The number of rotatable bonds is 0. The Morgan fingerprint density at radius 1 is 1.56 bits per heavy atom. The van der Waals surface area contributed by atoms with Crippen molar-refractivity contribution < 1.29 is 17.9 Å². The average molecular weight is 138 g/mol. The van der Waals surface area contributed by atoms with Crippen LogP contribution in [-0.2, 0) is 4.74 Å². The molecule has 2 nitrogen and oxygen atoms in total. The third kappa shape index (κ3) is 1.28. The van der Waals surface area contributed by atoms with Crippen LogP contribution in [-0.4, -0.2) is 12.9 Å². The van der Waals surface area contributed by atoms with Gasteiger partial charge in [0, 0.05) is 0 Å². The summed E-state index contributed by atoms with van der Waals surface area (Å²) >= 11 is 0. The van der Waals surface area contributed by atoms with Crippen molar-refractivity contribution in [3.05, 3.63) is 12.0 Å². The minimum Gasteiger partial charge on any atom is -0.477 e. The van der Waals surface area contributed by atoms with Crippen molar-refractivity contribution in [1.29, 1.82) is 0 Å².